The van der Waals surface area contributed by atoms with Crippen LogP contribution in [0.15, 0.2) is 42.5 Å². The third kappa shape index (κ3) is 2.47. The summed E-state index contributed by atoms with van der Waals surface area (Å²) in [7, 11) is 0. The quantitative estimate of drug-likeness (QED) is 0.828. The van der Waals surface area contributed by atoms with Crippen LogP contribution in [0.5, 0.6) is 0 Å². The van der Waals surface area contributed by atoms with Crippen LogP contribution in [0.25, 0.3) is 0 Å². The number of anilines is 2. The van der Waals surface area contributed by atoms with Crippen molar-refractivity contribution in [3.8, 4) is 0 Å². The summed E-state index contributed by atoms with van der Waals surface area (Å²) in [4.78, 5) is 14.1. The Kier molecular flexibility index (Phi) is 3.55. The van der Waals surface area contributed by atoms with Gasteiger partial charge in [0.15, 0.2) is 0 Å². The third-order valence-corrected chi connectivity index (χ3v) is 3.94. The van der Waals surface area contributed by atoms with Gasteiger partial charge in [-0.05, 0) is 37.1 Å². The number of carbonyl (C=O) groups is 1. The molecule has 0 bridgehead atoms. The second kappa shape index (κ2) is 5.37. The average molecular weight is 305 g/mol. The van der Waals surface area contributed by atoms with E-state index in [1.54, 1.807) is 11.0 Å². The Morgan fingerprint density at radius 1 is 1.29 bits per heavy atom. The number of nitrogens with zero attached hydrogens (tertiary/aromatic N) is 1. The minimum atomic E-state index is -0.545. The number of hydrogen-bond donors (Lipinski definition) is 1. The molecule has 1 unspecified atom stereocenters. The molecule has 2 aromatic rings. The maximum absolute atomic E-state index is 13.8. The number of hydrogen-bond acceptors (Lipinski definition) is 1. The summed E-state index contributed by atoms with van der Waals surface area (Å²) >= 11 is 5.94. The lowest BCUT2D eigenvalue weighted by Gasteiger charge is -2.23. The Hall–Kier alpha value is -2.07. The largest absolute Gasteiger partial charge is 0.326 e. The summed E-state index contributed by atoms with van der Waals surface area (Å²) in [5.41, 5.74) is 1.98. The van der Waals surface area contributed by atoms with Gasteiger partial charge >= 0.3 is 6.03 Å². The van der Waals surface area contributed by atoms with Gasteiger partial charge in [-0.1, -0.05) is 35.9 Å². The van der Waals surface area contributed by atoms with Crippen molar-refractivity contribution in [3.63, 3.8) is 0 Å². The molecule has 21 heavy (non-hydrogen) atoms. The molecule has 1 heterocycles. The molecule has 0 saturated heterocycles. The molecule has 1 aliphatic rings. The monoisotopic (exact) mass is 304 g/mol. The van der Waals surface area contributed by atoms with E-state index >= 15 is 0 Å². The number of halogens is 2. The van der Waals surface area contributed by atoms with Crippen molar-refractivity contribution in [2.75, 3.05) is 10.2 Å². The fourth-order valence-corrected chi connectivity index (χ4v) is 2.87. The molecule has 0 radical (unpaired) electrons. The van der Waals surface area contributed by atoms with Crippen LogP contribution in [0.4, 0.5) is 20.6 Å². The van der Waals surface area contributed by atoms with E-state index in [9.17, 15) is 9.18 Å². The van der Waals surface area contributed by atoms with Gasteiger partial charge in [0.25, 0.3) is 0 Å². The minimum Gasteiger partial charge on any atom is -0.304 e. The molecule has 3 rings (SSSR count). The fourth-order valence-electron chi connectivity index (χ4n) is 2.66. The van der Waals surface area contributed by atoms with Gasteiger partial charge in [-0.3, -0.25) is 4.90 Å². The SMILES string of the molecule is CC1Cc2ccccc2N1C(=O)Nc1c(F)cccc1Cl. The predicted molar refractivity (Wildman–Crippen MR) is 82.5 cm³/mol. The van der Waals surface area contributed by atoms with E-state index in [0.29, 0.717) is 0 Å². The first-order valence-corrected chi connectivity index (χ1v) is 7.08. The van der Waals surface area contributed by atoms with Crippen LogP contribution in [0.1, 0.15) is 12.5 Å². The summed E-state index contributed by atoms with van der Waals surface area (Å²) in [5, 5.41) is 2.76. The first-order valence-electron chi connectivity index (χ1n) is 6.70. The zero-order chi connectivity index (χ0) is 15.0. The zero-order valence-corrected chi connectivity index (χ0v) is 12.2. The molecule has 0 aromatic heterocycles. The van der Waals surface area contributed by atoms with Gasteiger partial charge in [-0.15, -0.1) is 0 Å². The van der Waals surface area contributed by atoms with Gasteiger partial charge in [-0.25, -0.2) is 9.18 Å². The summed E-state index contributed by atoms with van der Waals surface area (Å²) in [6.45, 7) is 1.96. The van der Waals surface area contributed by atoms with Gasteiger partial charge < -0.3 is 5.32 Å². The highest BCUT2D eigenvalue weighted by Gasteiger charge is 2.31. The molecular formula is C16H14ClFN2O. The van der Waals surface area contributed by atoms with E-state index in [4.69, 9.17) is 11.6 Å². The van der Waals surface area contributed by atoms with E-state index in [1.807, 2.05) is 31.2 Å². The van der Waals surface area contributed by atoms with Crippen LogP contribution in [0.2, 0.25) is 5.02 Å². The van der Waals surface area contributed by atoms with Crippen LogP contribution in [0.3, 0.4) is 0 Å². The molecule has 5 heteroatoms. The van der Waals surface area contributed by atoms with Crippen LogP contribution < -0.4 is 10.2 Å². The van der Waals surface area contributed by atoms with Crippen molar-refractivity contribution in [1.82, 2.24) is 0 Å². The first-order chi connectivity index (χ1) is 10.1. The van der Waals surface area contributed by atoms with Crippen molar-refractivity contribution in [2.45, 2.75) is 19.4 Å². The Morgan fingerprint density at radius 3 is 2.81 bits per heavy atom. The van der Waals surface area contributed by atoms with Gasteiger partial charge in [0, 0.05) is 11.7 Å². The lowest BCUT2D eigenvalue weighted by atomic mass is 10.1. The highest BCUT2D eigenvalue weighted by molar-refractivity contribution is 6.33. The Balaban J connectivity index is 1.90. The number of para-hydroxylation sites is 2. The Morgan fingerprint density at radius 2 is 2.05 bits per heavy atom. The molecule has 2 amide bonds. The number of rotatable bonds is 1. The lowest BCUT2D eigenvalue weighted by Crippen LogP contribution is -2.39. The van der Waals surface area contributed by atoms with Gasteiger partial charge in [0.2, 0.25) is 0 Å². The van der Waals surface area contributed by atoms with Crippen LogP contribution >= 0.6 is 11.6 Å². The van der Waals surface area contributed by atoms with Crippen LogP contribution in [-0.2, 0) is 6.42 Å². The smallest absolute Gasteiger partial charge is 0.304 e. The number of benzene rings is 2. The van der Waals surface area contributed by atoms with Gasteiger partial charge in [0.05, 0.1) is 10.7 Å². The molecule has 2 aromatic carbocycles. The number of fused-ring (bicyclic) bond motifs is 1. The van der Waals surface area contributed by atoms with Crippen molar-refractivity contribution < 1.29 is 9.18 Å². The molecule has 1 atom stereocenters. The predicted octanol–water partition coefficient (Wildman–Crippen LogP) is 4.46. The highest BCUT2D eigenvalue weighted by Crippen LogP contribution is 2.33. The molecule has 108 valence electrons. The Labute approximate surface area is 127 Å². The average Bonchev–Trinajstić information content (AvgIpc) is 2.78. The number of urea groups is 1. The second-order valence-corrected chi connectivity index (χ2v) is 5.49. The van der Waals surface area contributed by atoms with E-state index in [0.717, 1.165) is 17.7 Å². The molecular weight excluding hydrogens is 291 g/mol. The van der Waals surface area contributed by atoms with Crippen LogP contribution in [0, 0.1) is 5.82 Å². The third-order valence-electron chi connectivity index (χ3n) is 3.62. The van der Waals surface area contributed by atoms with Gasteiger partial charge in [-0.2, -0.15) is 0 Å². The van der Waals surface area contributed by atoms with E-state index in [-0.39, 0.29) is 22.8 Å². The molecule has 3 nitrogen and oxygen atoms in total. The number of carbonyl (C=O) groups excluding carboxylic acids is 1. The molecule has 1 N–H and O–H groups in total. The maximum Gasteiger partial charge on any atom is 0.326 e. The molecule has 0 aliphatic carbocycles. The van der Waals surface area contributed by atoms with Crippen LogP contribution in [-0.4, -0.2) is 12.1 Å². The maximum atomic E-state index is 13.8. The second-order valence-electron chi connectivity index (χ2n) is 5.08. The fraction of sp³-hybridized carbons (Fsp3) is 0.188. The standard InChI is InChI=1S/C16H14ClFN2O/c1-10-9-11-5-2-3-8-14(11)20(10)16(21)19-15-12(17)6-4-7-13(15)18/h2-8,10H,9H2,1H3,(H,19,21). The number of nitrogens with one attached hydrogen (secondary N) is 1. The van der Waals surface area contributed by atoms with E-state index in [1.165, 1.54) is 12.1 Å². The van der Waals surface area contributed by atoms with Crippen molar-refractivity contribution >= 4 is 29.0 Å². The number of amides is 2. The van der Waals surface area contributed by atoms with E-state index < -0.39 is 5.82 Å². The lowest BCUT2D eigenvalue weighted by molar-refractivity contribution is 0.255. The first kappa shape index (κ1) is 13.9. The van der Waals surface area contributed by atoms with Crippen molar-refractivity contribution in [2.24, 2.45) is 0 Å². The van der Waals surface area contributed by atoms with E-state index in [2.05, 4.69) is 5.32 Å². The van der Waals surface area contributed by atoms with Crippen molar-refractivity contribution in [1.29, 1.82) is 0 Å². The Bertz CT molecular complexity index is 684. The highest BCUT2D eigenvalue weighted by atomic mass is 35.5. The molecule has 0 spiro atoms. The normalized spacial score (nSPS) is 16.7. The molecule has 0 fully saturated rings. The summed E-state index contributed by atoms with van der Waals surface area (Å²) < 4.78 is 13.8. The summed E-state index contributed by atoms with van der Waals surface area (Å²) in [5.74, 6) is -0.545. The summed E-state index contributed by atoms with van der Waals surface area (Å²) in [6.07, 6.45) is 0.786. The zero-order valence-electron chi connectivity index (χ0n) is 11.4. The molecule has 0 saturated carbocycles. The minimum absolute atomic E-state index is 0.0146. The summed E-state index contributed by atoms with van der Waals surface area (Å²) in [6, 6.07) is 11.7. The van der Waals surface area contributed by atoms with Gasteiger partial charge in [0.1, 0.15) is 5.82 Å². The van der Waals surface area contributed by atoms with Crippen molar-refractivity contribution in [3.05, 3.63) is 58.9 Å². The molecule has 1 aliphatic heterocycles. The topological polar surface area (TPSA) is 32.3 Å².